The number of hydrogen-bond acceptors (Lipinski definition) is 5. The number of sulfone groups is 1. The highest BCUT2D eigenvalue weighted by Gasteiger charge is 2.51. The first-order chi connectivity index (χ1) is 13.1. The lowest BCUT2D eigenvalue weighted by molar-refractivity contribution is -0.132. The summed E-state index contributed by atoms with van der Waals surface area (Å²) in [7, 11) is -3.56. The Balaban J connectivity index is 1.63. The Morgan fingerprint density at radius 1 is 1.25 bits per heavy atom. The average molecular weight is 411 g/mol. The van der Waals surface area contributed by atoms with Crippen molar-refractivity contribution in [1.82, 2.24) is 10.2 Å². The minimum atomic E-state index is -3.56. The molecule has 1 spiro atoms. The van der Waals surface area contributed by atoms with Gasteiger partial charge < -0.3 is 10.6 Å². The molecule has 0 bridgehead atoms. The molecule has 0 unspecified atom stereocenters. The molecule has 1 saturated carbocycles. The van der Waals surface area contributed by atoms with Crippen LogP contribution in [-0.2, 0) is 19.4 Å². The Kier molecular flexibility index (Phi) is 5.42. The van der Waals surface area contributed by atoms with Gasteiger partial charge in [-0.15, -0.1) is 0 Å². The first kappa shape index (κ1) is 20.2. The summed E-state index contributed by atoms with van der Waals surface area (Å²) >= 11 is 0. The van der Waals surface area contributed by atoms with Gasteiger partial charge in [0.05, 0.1) is 10.6 Å². The lowest BCUT2D eigenvalue weighted by atomic mass is 9.82. The Morgan fingerprint density at radius 2 is 1.93 bits per heavy atom. The first-order valence-electron chi connectivity index (χ1n) is 9.06. The van der Waals surface area contributed by atoms with E-state index in [9.17, 15) is 27.2 Å². The lowest BCUT2D eigenvalue weighted by Gasteiger charge is -2.30. The van der Waals surface area contributed by atoms with Crippen LogP contribution >= 0.6 is 0 Å². The van der Waals surface area contributed by atoms with Crippen LogP contribution in [0.2, 0.25) is 0 Å². The van der Waals surface area contributed by atoms with E-state index in [0.29, 0.717) is 12.8 Å². The molecule has 28 heavy (non-hydrogen) atoms. The maximum atomic E-state index is 13.9. The number of urea groups is 1. The van der Waals surface area contributed by atoms with Crippen molar-refractivity contribution >= 4 is 33.4 Å². The normalized spacial score (nSPS) is 19.0. The molecule has 1 heterocycles. The molecular formula is C18H22FN3O5S. The smallest absolute Gasteiger partial charge is 0.324 e. The van der Waals surface area contributed by atoms with E-state index in [1.54, 1.807) is 0 Å². The van der Waals surface area contributed by atoms with Gasteiger partial charge >= 0.3 is 6.03 Å². The molecule has 152 valence electrons. The maximum Gasteiger partial charge on any atom is 0.325 e. The number of anilines is 1. The number of rotatable bonds is 5. The summed E-state index contributed by atoms with van der Waals surface area (Å²) in [5.41, 5.74) is -1.13. The second-order valence-electron chi connectivity index (χ2n) is 7.24. The molecule has 1 aliphatic carbocycles. The van der Waals surface area contributed by atoms with Crippen LogP contribution in [0.5, 0.6) is 0 Å². The summed E-state index contributed by atoms with van der Waals surface area (Å²) in [5.74, 6) is -1.73. The van der Waals surface area contributed by atoms with Gasteiger partial charge in [-0.25, -0.2) is 17.6 Å². The third-order valence-corrected chi connectivity index (χ3v) is 6.27. The zero-order valence-electron chi connectivity index (χ0n) is 15.5. The standard InChI is InChI=1S/C18H22FN3O5S/c1-28(26,27)12-5-6-13(19)14(11-12)20-15(23)7-10-22-16(24)18(21-17(22)25)8-3-2-4-9-18/h5-6,11H,2-4,7-10H2,1H3,(H,20,23)(H,21,25). The number of carbonyl (C=O) groups is 3. The van der Waals surface area contributed by atoms with E-state index < -0.39 is 33.1 Å². The predicted molar refractivity (Wildman–Crippen MR) is 98.8 cm³/mol. The molecule has 2 aliphatic rings. The third-order valence-electron chi connectivity index (χ3n) is 5.16. The molecule has 10 heteroatoms. The van der Waals surface area contributed by atoms with Gasteiger partial charge in [-0.2, -0.15) is 0 Å². The van der Waals surface area contributed by atoms with Crippen molar-refractivity contribution in [2.24, 2.45) is 0 Å². The number of nitrogens with one attached hydrogen (secondary N) is 2. The second kappa shape index (κ2) is 7.50. The Bertz CT molecular complexity index is 925. The summed E-state index contributed by atoms with van der Waals surface area (Å²) in [6.45, 7) is -0.133. The summed E-state index contributed by atoms with van der Waals surface area (Å²) in [6.07, 6.45) is 4.66. The van der Waals surface area contributed by atoms with Crippen molar-refractivity contribution in [1.29, 1.82) is 0 Å². The second-order valence-corrected chi connectivity index (χ2v) is 9.26. The zero-order chi connectivity index (χ0) is 20.5. The van der Waals surface area contributed by atoms with Gasteiger partial charge in [-0.1, -0.05) is 19.3 Å². The molecule has 1 aromatic rings. The van der Waals surface area contributed by atoms with Gasteiger partial charge in [-0.05, 0) is 31.0 Å². The van der Waals surface area contributed by atoms with Crippen LogP contribution in [0, 0.1) is 5.82 Å². The van der Waals surface area contributed by atoms with Gasteiger partial charge in [0.1, 0.15) is 11.4 Å². The van der Waals surface area contributed by atoms with Gasteiger partial charge in [0.2, 0.25) is 5.91 Å². The summed E-state index contributed by atoms with van der Waals surface area (Å²) in [4.78, 5) is 37.9. The van der Waals surface area contributed by atoms with Crippen LogP contribution in [0.4, 0.5) is 14.9 Å². The molecule has 1 saturated heterocycles. The van der Waals surface area contributed by atoms with Gasteiger partial charge in [0.25, 0.3) is 5.91 Å². The van der Waals surface area contributed by atoms with E-state index in [4.69, 9.17) is 0 Å². The monoisotopic (exact) mass is 411 g/mol. The van der Waals surface area contributed by atoms with E-state index in [-0.39, 0.29) is 29.5 Å². The molecule has 3 rings (SSSR count). The zero-order valence-corrected chi connectivity index (χ0v) is 16.3. The number of carbonyl (C=O) groups excluding carboxylic acids is 3. The van der Waals surface area contributed by atoms with Crippen molar-refractivity contribution in [2.45, 2.75) is 49.0 Å². The van der Waals surface area contributed by atoms with Crippen LogP contribution in [0.1, 0.15) is 38.5 Å². The third kappa shape index (κ3) is 4.01. The number of halogens is 1. The van der Waals surface area contributed by atoms with Crippen molar-refractivity contribution in [3.8, 4) is 0 Å². The number of benzene rings is 1. The quantitative estimate of drug-likeness (QED) is 0.567. The largest absolute Gasteiger partial charge is 0.325 e. The van der Waals surface area contributed by atoms with Gasteiger partial charge in [0, 0.05) is 19.2 Å². The van der Waals surface area contributed by atoms with E-state index in [2.05, 4.69) is 10.6 Å². The van der Waals surface area contributed by atoms with Crippen molar-refractivity contribution in [3.63, 3.8) is 0 Å². The van der Waals surface area contributed by atoms with Gasteiger partial charge in [-0.3, -0.25) is 14.5 Å². The van der Waals surface area contributed by atoms with Crippen molar-refractivity contribution in [2.75, 3.05) is 18.1 Å². The van der Waals surface area contributed by atoms with Crippen molar-refractivity contribution < 1.29 is 27.2 Å². The van der Waals surface area contributed by atoms with E-state index in [1.807, 2.05) is 0 Å². The number of amides is 4. The number of hydrogen-bond donors (Lipinski definition) is 2. The Labute approximate surface area is 162 Å². The van der Waals surface area contributed by atoms with Crippen LogP contribution in [0.15, 0.2) is 23.1 Å². The fourth-order valence-electron chi connectivity index (χ4n) is 3.63. The van der Waals surface area contributed by atoms with Crippen molar-refractivity contribution in [3.05, 3.63) is 24.0 Å². The summed E-state index contributed by atoms with van der Waals surface area (Å²) in [6, 6.07) is 2.57. The van der Waals surface area contributed by atoms with Crippen LogP contribution in [0.25, 0.3) is 0 Å². The van der Waals surface area contributed by atoms with E-state index >= 15 is 0 Å². The molecule has 1 aliphatic heterocycles. The topological polar surface area (TPSA) is 113 Å². The SMILES string of the molecule is CS(=O)(=O)c1ccc(F)c(NC(=O)CCN2C(=O)NC3(CCCCC3)C2=O)c1. The molecule has 2 fully saturated rings. The molecule has 0 atom stereocenters. The highest BCUT2D eigenvalue weighted by molar-refractivity contribution is 7.90. The van der Waals surface area contributed by atoms with E-state index in [0.717, 1.165) is 48.6 Å². The molecular weight excluding hydrogens is 389 g/mol. The predicted octanol–water partition coefficient (Wildman–Crippen LogP) is 1.81. The van der Waals surface area contributed by atoms with Crippen LogP contribution in [0.3, 0.4) is 0 Å². The minimum Gasteiger partial charge on any atom is -0.324 e. The summed E-state index contributed by atoms with van der Waals surface area (Å²) in [5, 5.41) is 5.05. The lowest BCUT2D eigenvalue weighted by Crippen LogP contribution is -2.48. The molecule has 2 N–H and O–H groups in total. The number of nitrogens with zero attached hydrogens (tertiary/aromatic N) is 1. The molecule has 0 radical (unpaired) electrons. The molecule has 4 amide bonds. The maximum absolute atomic E-state index is 13.9. The Hall–Kier alpha value is -2.49. The molecule has 0 aromatic heterocycles. The molecule has 1 aromatic carbocycles. The highest BCUT2D eigenvalue weighted by Crippen LogP contribution is 2.33. The minimum absolute atomic E-state index is 0.127. The fourth-order valence-corrected chi connectivity index (χ4v) is 4.28. The summed E-state index contributed by atoms with van der Waals surface area (Å²) < 4.78 is 37.0. The van der Waals surface area contributed by atoms with Crippen LogP contribution < -0.4 is 10.6 Å². The number of imide groups is 1. The van der Waals surface area contributed by atoms with Crippen LogP contribution in [-0.4, -0.2) is 49.5 Å². The fraction of sp³-hybridized carbons (Fsp3) is 0.500. The van der Waals surface area contributed by atoms with Gasteiger partial charge in [0.15, 0.2) is 9.84 Å². The first-order valence-corrected chi connectivity index (χ1v) is 11.0. The highest BCUT2D eigenvalue weighted by atomic mass is 32.2. The molecule has 8 nitrogen and oxygen atoms in total. The van der Waals surface area contributed by atoms with E-state index in [1.165, 1.54) is 0 Å². The average Bonchev–Trinajstić information content (AvgIpc) is 2.84. The Morgan fingerprint density at radius 3 is 2.57 bits per heavy atom.